The van der Waals surface area contributed by atoms with Gasteiger partial charge in [0.15, 0.2) is 0 Å². The van der Waals surface area contributed by atoms with Crippen molar-refractivity contribution >= 4 is 11.3 Å². The number of aryl methyl sites for hydroxylation is 1. The van der Waals surface area contributed by atoms with E-state index < -0.39 is 0 Å². The van der Waals surface area contributed by atoms with Crippen LogP contribution in [-0.2, 0) is 6.42 Å². The summed E-state index contributed by atoms with van der Waals surface area (Å²) in [6.45, 7) is 0. The Morgan fingerprint density at radius 1 is 1.69 bits per heavy atom. The predicted molar refractivity (Wildman–Crippen MR) is 69.2 cm³/mol. The molecule has 1 aliphatic carbocycles. The molecule has 0 aliphatic heterocycles. The molecule has 2 nitrogen and oxygen atoms in total. The van der Waals surface area contributed by atoms with Gasteiger partial charge in [-0.3, -0.25) is 11.3 Å². The standard InChI is InChI=1S/C13H18N2S/c1-2-3-6-12(15-14)10-5-4-7-13-11(10)8-9-16-13/h1,8-10,12,15H,3-7,14H2. The minimum Gasteiger partial charge on any atom is -0.271 e. The second-order valence-electron chi connectivity index (χ2n) is 4.31. The second-order valence-corrected chi connectivity index (χ2v) is 5.31. The fraction of sp³-hybridized carbons (Fsp3) is 0.538. The Labute approximate surface area is 101 Å². The summed E-state index contributed by atoms with van der Waals surface area (Å²) in [5.74, 6) is 8.90. The highest BCUT2D eigenvalue weighted by atomic mass is 32.1. The molecule has 1 heterocycles. The summed E-state index contributed by atoms with van der Waals surface area (Å²) in [4.78, 5) is 1.54. The Bertz CT molecular complexity index is 378. The van der Waals surface area contributed by atoms with E-state index in [-0.39, 0.29) is 0 Å². The molecule has 3 N–H and O–H groups in total. The fourth-order valence-electron chi connectivity index (χ4n) is 2.58. The number of rotatable bonds is 4. The van der Waals surface area contributed by atoms with Gasteiger partial charge in [0.05, 0.1) is 0 Å². The molecule has 16 heavy (non-hydrogen) atoms. The van der Waals surface area contributed by atoms with Gasteiger partial charge in [0.1, 0.15) is 0 Å². The molecule has 0 bridgehead atoms. The van der Waals surface area contributed by atoms with Crippen molar-refractivity contribution in [1.82, 2.24) is 5.43 Å². The van der Waals surface area contributed by atoms with Crippen LogP contribution in [0.3, 0.4) is 0 Å². The van der Waals surface area contributed by atoms with Crippen molar-refractivity contribution < 1.29 is 0 Å². The molecule has 1 aliphatic rings. The molecule has 0 aromatic carbocycles. The number of terminal acetylenes is 1. The molecule has 1 aromatic rings. The highest BCUT2D eigenvalue weighted by Gasteiger charge is 2.27. The topological polar surface area (TPSA) is 38.0 Å². The average molecular weight is 234 g/mol. The number of thiophene rings is 1. The SMILES string of the molecule is C#CCCC(NN)C1CCCc2sccc21. The van der Waals surface area contributed by atoms with Gasteiger partial charge in [-0.05, 0) is 42.7 Å². The number of nitrogens with two attached hydrogens (primary N) is 1. The minimum atomic E-state index is 0.324. The van der Waals surface area contributed by atoms with E-state index >= 15 is 0 Å². The van der Waals surface area contributed by atoms with Crippen LogP contribution in [0.25, 0.3) is 0 Å². The van der Waals surface area contributed by atoms with Crippen molar-refractivity contribution in [3.63, 3.8) is 0 Å². The monoisotopic (exact) mass is 234 g/mol. The first-order valence-corrected chi connectivity index (χ1v) is 6.70. The van der Waals surface area contributed by atoms with E-state index in [4.69, 9.17) is 12.3 Å². The fourth-order valence-corrected chi connectivity index (χ4v) is 3.58. The molecule has 0 saturated carbocycles. The zero-order chi connectivity index (χ0) is 11.4. The maximum atomic E-state index is 5.66. The molecular weight excluding hydrogens is 216 g/mol. The quantitative estimate of drug-likeness (QED) is 0.477. The van der Waals surface area contributed by atoms with Gasteiger partial charge >= 0.3 is 0 Å². The molecule has 0 fully saturated rings. The summed E-state index contributed by atoms with van der Waals surface area (Å²) in [6, 6.07) is 2.58. The van der Waals surface area contributed by atoms with Crippen LogP contribution >= 0.6 is 11.3 Å². The van der Waals surface area contributed by atoms with Gasteiger partial charge in [-0.1, -0.05) is 0 Å². The maximum Gasteiger partial charge on any atom is 0.0288 e. The Balaban J connectivity index is 2.12. The third-order valence-corrected chi connectivity index (χ3v) is 4.39. The number of nitrogens with one attached hydrogen (secondary N) is 1. The number of fused-ring (bicyclic) bond motifs is 1. The first kappa shape index (κ1) is 11.7. The van der Waals surface area contributed by atoms with Crippen molar-refractivity contribution in [3.05, 3.63) is 21.9 Å². The van der Waals surface area contributed by atoms with Crippen LogP contribution in [0.4, 0.5) is 0 Å². The third kappa shape index (κ3) is 2.30. The van der Waals surface area contributed by atoms with Crippen molar-refractivity contribution in [1.29, 1.82) is 0 Å². The predicted octanol–water partition coefficient (Wildman–Crippen LogP) is 2.41. The van der Waals surface area contributed by atoms with E-state index in [1.165, 1.54) is 29.7 Å². The lowest BCUT2D eigenvalue weighted by atomic mass is 9.81. The summed E-state index contributed by atoms with van der Waals surface area (Å²) in [6.07, 6.45) is 10.8. The molecule has 3 heteroatoms. The van der Waals surface area contributed by atoms with Crippen LogP contribution in [0.2, 0.25) is 0 Å². The van der Waals surface area contributed by atoms with E-state index in [1.807, 2.05) is 11.3 Å². The van der Waals surface area contributed by atoms with E-state index in [2.05, 4.69) is 22.8 Å². The number of hydrogen-bond acceptors (Lipinski definition) is 3. The molecule has 1 aromatic heterocycles. The summed E-state index contributed by atoms with van der Waals surface area (Å²) in [5, 5.41) is 2.19. The van der Waals surface area contributed by atoms with Crippen LogP contribution in [0, 0.1) is 12.3 Å². The van der Waals surface area contributed by atoms with E-state index in [1.54, 1.807) is 0 Å². The lowest BCUT2D eigenvalue weighted by Gasteiger charge is -2.29. The summed E-state index contributed by atoms with van der Waals surface area (Å²) in [5.41, 5.74) is 4.44. The molecule has 2 atom stereocenters. The Kier molecular flexibility index (Phi) is 4.00. The molecule has 0 radical (unpaired) electrons. The lowest BCUT2D eigenvalue weighted by molar-refractivity contribution is 0.383. The van der Waals surface area contributed by atoms with Gasteiger partial charge in [0.25, 0.3) is 0 Å². The highest BCUT2D eigenvalue weighted by Crippen LogP contribution is 2.37. The molecule has 2 rings (SSSR count). The minimum absolute atomic E-state index is 0.324. The third-order valence-electron chi connectivity index (χ3n) is 3.40. The number of hydrogen-bond donors (Lipinski definition) is 2. The van der Waals surface area contributed by atoms with Crippen molar-refractivity contribution in [3.8, 4) is 12.3 Å². The Hall–Kier alpha value is -0.820. The van der Waals surface area contributed by atoms with Gasteiger partial charge in [0.2, 0.25) is 0 Å². The van der Waals surface area contributed by atoms with Crippen molar-refractivity contribution in [2.24, 2.45) is 5.84 Å². The maximum absolute atomic E-state index is 5.66. The van der Waals surface area contributed by atoms with E-state index in [0.717, 1.165) is 12.8 Å². The van der Waals surface area contributed by atoms with Gasteiger partial charge in [-0.2, -0.15) is 0 Å². The van der Waals surface area contributed by atoms with Crippen LogP contribution in [-0.4, -0.2) is 6.04 Å². The van der Waals surface area contributed by atoms with E-state index in [9.17, 15) is 0 Å². The average Bonchev–Trinajstić information content (AvgIpc) is 2.78. The first-order chi connectivity index (χ1) is 7.86. The van der Waals surface area contributed by atoms with Crippen LogP contribution in [0.1, 0.15) is 42.0 Å². The molecule has 0 amide bonds. The Morgan fingerprint density at radius 3 is 3.31 bits per heavy atom. The first-order valence-electron chi connectivity index (χ1n) is 5.82. The molecule has 0 saturated heterocycles. The van der Waals surface area contributed by atoms with Crippen LogP contribution < -0.4 is 11.3 Å². The number of hydrazine groups is 1. The summed E-state index contributed by atoms with van der Waals surface area (Å²) in [7, 11) is 0. The van der Waals surface area contributed by atoms with Crippen LogP contribution in [0.5, 0.6) is 0 Å². The smallest absolute Gasteiger partial charge is 0.0288 e. The van der Waals surface area contributed by atoms with Gasteiger partial charge < -0.3 is 0 Å². The zero-order valence-corrected chi connectivity index (χ0v) is 10.2. The highest BCUT2D eigenvalue weighted by molar-refractivity contribution is 7.10. The largest absolute Gasteiger partial charge is 0.271 e. The second kappa shape index (κ2) is 5.49. The van der Waals surface area contributed by atoms with Gasteiger partial charge in [-0.15, -0.1) is 23.7 Å². The molecule has 2 unspecified atom stereocenters. The normalized spacial score (nSPS) is 21.1. The zero-order valence-electron chi connectivity index (χ0n) is 9.41. The van der Waals surface area contributed by atoms with E-state index in [0.29, 0.717) is 12.0 Å². The van der Waals surface area contributed by atoms with Crippen molar-refractivity contribution in [2.45, 2.75) is 44.1 Å². The van der Waals surface area contributed by atoms with Gasteiger partial charge in [-0.25, -0.2) is 0 Å². The molecule has 0 spiro atoms. The van der Waals surface area contributed by atoms with Gasteiger partial charge in [0, 0.05) is 23.3 Å². The van der Waals surface area contributed by atoms with Crippen molar-refractivity contribution in [2.75, 3.05) is 0 Å². The molecule has 86 valence electrons. The molecular formula is C13H18N2S. The lowest BCUT2D eigenvalue weighted by Crippen LogP contribution is -2.40. The van der Waals surface area contributed by atoms with Crippen LogP contribution in [0.15, 0.2) is 11.4 Å². The summed E-state index contributed by atoms with van der Waals surface area (Å²) >= 11 is 1.87. The summed E-state index contributed by atoms with van der Waals surface area (Å²) < 4.78 is 0. The Morgan fingerprint density at radius 2 is 2.56 bits per heavy atom.